The Hall–Kier alpha value is -1.64. The minimum absolute atomic E-state index is 0.244. The molecule has 0 bridgehead atoms. The first-order valence-electron chi connectivity index (χ1n) is 9.09. The second-order valence-corrected chi connectivity index (χ2v) is 9.04. The molecule has 0 amide bonds. The molecule has 1 N–H and O–H groups in total. The molecule has 0 saturated carbocycles. The molecule has 144 valence electrons. The summed E-state index contributed by atoms with van der Waals surface area (Å²) in [5.74, 6) is 2.41. The quantitative estimate of drug-likeness (QED) is 0.797. The van der Waals surface area contributed by atoms with E-state index in [0.717, 1.165) is 68.2 Å². The normalized spacial score (nSPS) is 17.0. The number of furan rings is 1. The lowest BCUT2D eigenvalue weighted by Crippen LogP contribution is -2.25. The van der Waals surface area contributed by atoms with Crippen molar-refractivity contribution in [3.8, 4) is 0 Å². The van der Waals surface area contributed by atoms with Crippen LogP contribution in [0, 0.1) is 6.92 Å². The fourth-order valence-electron chi connectivity index (χ4n) is 3.31. The molecule has 3 rings (SSSR count). The first-order valence-corrected chi connectivity index (χ1v) is 11.0. The third-order valence-electron chi connectivity index (χ3n) is 4.78. The molecule has 0 radical (unpaired) electrons. The fourth-order valence-corrected chi connectivity index (χ4v) is 3.72. The zero-order valence-electron chi connectivity index (χ0n) is 15.7. The number of nitrogens with one attached hydrogen (secondary N) is 1. The topological polar surface area (TPSA) is 80.4 Å². The number of nitrogens with zero attached hydrogens (tertiary/aromatic N) is 3. The Bertz CT molecular complexity index is 840. The molecule has 3 heterocycles. The zero-order chi connectivity index (χ0) is 18.7. The lowest BCUT2D eigenvalue weighted by molar-refractivity contribution is 0.255. The van der Waals surface area contributed by atoms with Gasteiger partial charge in [-0.25, -0.2) is 13.1 Å². The summed E-state index contributed by atoms with van der Waals surface area (Å²) in [5, 5.41) is 4.54. The average molecular weight is 381 g/mol. The molecule has 0 spiro atoms. The minimum Gasteiger partial charge on any atom is -0.466 e. The van der Waals surface area contributed by atoms with Gasteiger partial charge in [-0.05, 0) is 44.5 Å². The summed E-state index contributed by atoms with van der Waals surface area (Å²) in [6.45, 7) is 8.19. The maximum absolute atomic E-state index is 11.3. The Morgan fingerprint density at radius 1 is 1.35 bits per heavy atom. The maximum atomic E-state index is 11.3. The predicted octanol–water partition coefficient (Wildman–Crippen LogP) is 2.23. The number of rotatable bonds is 7. The summed E-state index contributed by atoms with van der Waals surface area (Å²) in [6.07, 6.45) is 3.25. The number of fused-ring (bicyclic) bond motifs is 1. The van der Waals surface area contributed by atoms with Gasteiger partial charge in [-0.15, -0.1) is 0 Å². The van der Waals surface area contributed by atoms with Crippen molar-refractivity contribution in [3.63, 3.8) is 0 Å². The van der Waals surface area contributed by atoms with Crippen molar-refractivity contribution in [1.82, 2.24) is 19.4 Å². The number of hydrogen-bond donors (Lipinski definition) is 1. The molecular weight excluding hydrogens is 352 g/mol. The van der Waals surface area contributed by atoms with Crippen molar-refractivity contribution in [2.45, 2.75) is 52.2 Å². The fraction of sp³-hybridized carbons (Fsp3) is 0.611. The largest absolute Gasteiger partial charge is 0.466 e. The highest BCUT2D eigenvalue weighted by Gasteiger charge is 2.18. The zero-order valence-corrected chi connectivity index (χ0v) is 16.6. The highest BCUT2D eigenvalue weighted by molar-refractivity contribution is 7.88. The SMILES string of the molecule is Cc1ccc(C(C)CCN2CCCn3nc(CNS(C)(=O)=O)cc3C2)o1. The molecule has 2 aromatic rings. The predicted molar refractivity (Wildman–Crippen MR) is 100 cm³/mol. The minimum atomic E-state index is -3.20. The van der Waals surface area contributed by atoms with E-state index in [1.807, 2.05) is 23.7 Å². The number of sulfonamides is 1. The van der Waals surface area contributed by atoms with Crippen LogP contribution in [0.3, 0.4) is 0 Å². The Kier molecular flexibility index (Phi) is 5.84. The van der Waals surface area contributed by atoms with Crippen LogP contribution in [0.1, 0.15) is 48.6 Å². The number of aryl methyl sites for hydroxylation is 2. The number of hydrogen-bond acceptors (Lipinski definition) is 5. The van der Waals surface area contributed by atoms with Crippen LogP contribution in [0.25, 0.3) is 0 Å². The summed E-state index contributed by atoms with van der Waals surface area (Å²) < 4.78 is 32.8. The van der Waals surface area contributed by atoms with Crippen LogP contribution in [-0.4, -0.2) is 42.4 Å². The lowest BCUT2D eigenvalue weighted by atomic mass is 10.0. The molecule has 1 aliphatic heterocycles. The number of aromatic nitrogens is 2. The smallest absolute Gasteiger partial charge is 0.209 e. The van der Waals surface area contributed by atoms with Crippen molar-refractivity contribution in [2.24, 2.45) is 0 Å². The first-order chi connectivity index (χ1) is 12.3. The van der Waals surface area contributed by atoms with Crippen molar-refractivity contribution < 1.29 is 12.8 Å². The van der Waals surface area contributed by atoms with Gasteiger partial charge in [-0.1, -0.05) is 6.92 Å². The van der Waals surface area contributed by atoms with Gasteiger partial charge in [-0.3, -0.25) is 9.58 Å². The molecule has 26 heavy (non-hydrogen) atoms. The van der Waals surface area contributed by atoms with E-state index < -0.39 is 10.0 Å². The lowest BCUT2D eigenvalue weighted by Gasteiger charge is -2.21. The summed E-state index contributed by atoms with van der Waals surface area (Å²) in [7, 11) is -3.20. The highest BCUT2D eigenvalue weighted by Crippen LogP contribution is 2.23. The van der Waals surface area contributed by atoms with Crippen molar-refractivity contribution >= 4 is 10.0 Å². The van der Waals surface area contributed by atoms with Crippen molar-refractivity contribution in [3.05, 3.63) is 41.1 Å². The van der Waals surface area contributed by atoms with Crippen LogP contribution in [0.15, 0.2) is 22.6 Å². The van der Waals surface area contributed by atoms with Crippen LogP contribution in [-0.2, 0) is 29.7 Å². The van der Waals surface area contributed by atoms with Gasteiger partial charge < -0.3 is 4.42 Å². The van der Waals surface area contributed by atoms with Crippen LogP contribution < -0.4 is 4.72 Å². The summed E-state index contributed by atoms with van der Waals surface area (Å²) in [4.78, 5) is 2.45. The van der Waals surface area contributed by atoms with Crippen LogP contribution in [0.2, 0.25) is 0 Å². The van der Waals surface area contributed by atoms with Gasteiger partial charge in [-0.2, -0.15) is 5.10 Å². The molecule has 0 saturated heterocycles. The van der Waals surface area contributed by atoms with E-state index in [1.165, 1.54) is 0 Å². The molecule has 1 unspecified atom stereocenters. The second-order valence-electron chi connectivity index (χ2n) is 7.21. The summed E-state index contributed by atoms with van der Waals surface area (Å²) in [6, 6.07) is 6.09. The molecule has 0 aliphatic carbocycles. The van der Waals surface area contributed by atoms with Crippen LogP contribution in [0.5, 0.6) is 0 Å². The molecule has 1 atom stereocenters. The third kappa shape index (κ3) is 5.18. The van der Waals surface area contributed by atoms with E-state index in [-0.39, 0.29) is 6.54 Å². The van der Waals surface area contributed by atoms with E-state index in [4.69, 9.17) is 4.42 Å². The third-order valence-corrected chi connectivity index (χ3v) is 5.45. The molecule has 7 nitrogen and oxygen atoms in total. The molecule has 0 fully saturated rings. The Balaban J connectivity index is 1.57. The highest BCUT2D eigenvalue weighted by atomic mass is 32.2. The van der Waals surface area contributed by atoms with Crippen molar-refractivity contribution in [1.29, 1.82) is 0 Å². The summed E-state index contributed by atoms with van der Waals surface area (Å²) >= 11 is 0. The van der Waals surface area contributed by atoms with E-state index in [0.29, 0.717) is 5.92 Å². The van der Waals surface area contributed by atoms with Gasteiger partial charge in [0.2, 0.25) is 10.0 Å². The molecular formula is C18H28N4O3S. The Morgan fingerprint density at radius 3 is 2.85 bits per heavy atom. The van der Waals surface area contributed by atoms with E-state index >= 15 is 0 Å². The second kappa shape index (κ2) is 7.94. The monoisotopic (exact) mass is 380 g/mol. The van der Waals surface area contributed by atoms with Gasteiger partial charge >= 0.3 is 0 Å². The Labute approximate surface area is 155 Å². The van der Waals surface area contributed by atoms with E-state index in [1.54, 1.807) is 0 Å². The van der Waals surface area contributed by atoms with Crippen molar-refractivity contribution in [2.75, 3.05) is 19.3 Å². The standard InChI is InChI=1S/C18H28N4O3S/c1-14(18-6-5-15(2)25-18)7-10-21-8-4-9-22-17(13-21)11-16(20-22)12-19-26(3,23)24/h5-6,11,14,19H,4,7-10,12-13H2,1-3H3. The Morgan fingerprint density at radius 2 is 2.15 bits per heavy atom. The van der Waals surface area contributed by atoms with Crippen LogP contribution in [0.4, 0.5) is 0 Å². The van der Waals surface area contributed by atoms with Gasteiger partial charge in [0.25, 0.3) is 0 Å². The molecule has 0 aromatic carbocycles. The van der Waals surface area contributed by atoms with Gasteiger partial charge in [0.05, 0.1) is 24.2 Å². The van der Waals surface area contributed by atoms with Crippen LogP contribution >= 0.6 is 0 Å². The molecule has 2 aromatic heterocycles. The van der Waals surface area contributed by atoms with Gasteiger partial charge in [0.1, 0.15) is 11.5 Å². The maximum Gasteiger partial charge on any atom is 0.209 e. The van der Waals surface area contributed by atoms with E-state index in [2.05, 4.69) is 27.7 Å². The van der Waals surface area contributed by atoms with E-state index in [9.17, 15) is 8.42 Å². The molecule has 8 heteroatoms. The average Bonchev–Trinajstić information content (AvgIpc) is 3.11. The summed E-state index contributed by atoms with van der Waals surface area (Å²) in [5.41, 5.74) is 1.92. The van der Waals surface area contributed by atoms with Gasteiger partial charge in [0, 0.05) is 25.6 Å². The van der Waals surface area contributed by atoms with Gasteiger partial charge in [0.15, 0.2) is 0 Å². The molecule has 1 aliphatic rings. The first kappa shape index (κ1) is 19.1.